The third-order valence-corrected chi connectivity index (χ3v) is 3.08. The summed E-state index contributed by atoms with van der Waals surface area (Å²) in [7, 11) is 0. The van der Waals surface area contributed by atoms with E-state index in [1.807, 2.05) is 72.8 Å². The quantitative estimate of drug-likeness (QED) is 0.192. The molecule has 0 spiro atoms. The van der Waals surface area contributed by atoms with E-state index < -0.39 is 0 Å². The van der Waals surface area contributed by atoms with Crippen LogP contribution in [-0.4, -0.2) is 0 Å². The van der Waals surface area contributed by atoms with Crippen LogP contribution in [0.5, 0.6) is 0 Å². The average Bonchev–Trinajstić information content (AvgIpc) is 3.40. The van der Waals surface area contributed by atoms with Crippen LogP contribution in [0, 0.1) is 36.6 Å². The van der Waals surface area contributed by atoms with E-state index in [0.29, 0.717) is 0 Å². The third-order valence-electron chi connectivity index (χ3n) is 3.08. The fourth-order valence-corrected chi connectivity index (χ4v) is 1.76. The Morgan fingerprint density at radius 3 is 1.14 bits per heavy atom. The Morgan fingerprint density at radius 2 is 1.00 bits per heavy atom. The first-order valence-electron chi connectivity index (χ1n) is 8.05. The van der Waals surface area contributed by atoms with E-state index >= 15 is 0 Å². The Balaban J connectivity index is -0.0000000573. The van der Waals surface area contributed by atoms with Gasteiger partial charge in [-0.2, -0.15) is 71.8 Å². The molecule has 162 valence electrons. The van der Waals surface area contributed by atoms with Gasteiger partial charge in [0.05, 0.1) is 0 Å². The van der Waals surface area contributed by atoms with Crippen molar-refractivity contribution in [1.29, 1.82) is 0 Å². The largest absolute Gasteiger partial charge is 4.00 e. The minimum absolute atomic E-state index is 0. The normalized spacial score (nSPS) is 6.83. The minimum Gasteiger partial charge on any atom is -0.358 e. The van der Waals surface area contributed by atoms with E-state index in [-0.39, 0.29) is 63.8 Å². The van der Waals surface area contributed by atoms with Crippen LogP contribution in [0.15, 0.2) is 109 Å². The molecule has 4 rings (SSSR count). The Hall–Kier alpha value is -1.56. The third kappa shape index (κ3) is 26.4. The molecule has 0 atom stereocenters. The zero-order valence-corrected chi connectivity index (χ0v) is 21.0. The van der Waals surface area contributed by atoms with Crippen molar-refractivity contribution in [2.45, 2.75) is 20.3 Å². The second kappa shape index (κ2) is 31.1. The molecule has 0 aromatic heterocycles. The van der Waals surface area contributed by atoms with E-state index in [0.717, 1.165) is 6.42 Å². The number of rotatable bonds is 1. The molecule has 0 amide bonds. The first-order chi connectivity index (χ1) is 11.3. The molecule has 29 heavy (non-hydrogen) atoms. The molecule has 0 radical (unpaired) electrons. The predicted octanol–water partition coefficient (Wildman–Crippen LogP) is 8.29. The summed E-state index contributed by atoms with van der Waals surface area (Å²) < 4.78 is 0. The predicted molar refractivity (Wildman–Crippen MR) is 128 cm³/mol. The number of hydrogen-bond donors (Lipinski definition) is 0. The van der Waals surface area contributed by atoms with Crippen molar-refractivity contribution in [2.24, 2.45) is 0 Å². The van der Waals surface area contributed by atoms with Gasteiger partial charge in [0.1, 0.15) is 0 Å². The molecule has 2 heteroatoms. The Labute approximate surface area is 203 Å². The molecule has 0 bridgehead atoms. The van der Waals surface area contributed by atoms with Crippen LogP contribution in [0.2, 0.25) is 0 Å². The van der Waals surface area contributed by atoms with Crippen molar-refractivity contribution in [3.8, 4) is 0 Å². The zero-order valence-electron chi connectivity index (χ0n) is 18.8. The molecule has 0 saturated carbocycles. The van der Waals surface area contributed by atoms with Crippen LogP contribution in [0.1, 0.15) is 18.1 Å². The van der Waals surface area contributed by atoms with Crippen molar-refractivity contribution in [3.05, 3.63) is 150 Å². The maximum Gasteiger partial charge on any atom is 4.00 e. The van der Waals surface area contributed by atoms with Gasteiger partial charge in [-0.05, 0) is 0 Å². The summed E-state index contributed by atoms with van der Waals surface area (Å²) in [6.07, 6.45) is 1.16. The van der Waals surface area contributed by atoms with Gasteiger partial charge in [0.25, 0.3) is 0 Å². The van der Waals surface area contributed by atoms with Crippen LogP contribution >= 0.6 is 0 Å². The summed E-state index contributed by atoms with van der Waals surface area (Å²) in [4.78, 5) is 0. The van der Waals surface area contributed by atoms with Gasteiger partial charge in [-0.15, -0.1) is 0 Å². The van der Waals surface area contributed by atoms with Crippen LogP contribution in [0.4, 0.5) is 0 Å². The molecule has 0 nitrogen and oxygen atoms in total. The second-order valence-electron chi connectivity index (χ2n) is 5.03. The van der Waals surface area contributed by atoms with E-state index in [9.17, 15) is 0 Å². The van der Waals surface area contributed by atoms with E-state index in [4.69, 9.17) is 0 Å². The van der Waals surface area contributed by atoms with Gasteiger partial charge in [-0.1, -0.05) is 20.3 Å². The number of hydrogen-bond acceptors (Lipinski definition) is 0. The molecule has 0 aliphatic rings. The molecule has 4 aromatic carbocycles. The van der Waals surface area contributed by atoms with Crippen molar-refractivity contribution in [2.75, 3.05) is 0 Å². The summed E-state index contributed by atoms with van der Waals surface area (Å²) in [5.74, 6) is 0. The van der Waals surface area contributed by atoms with Crippen molar-refractivity contribution >= 4 is 0 Å². The maximum atomic E-state index is 2.16. The maximum absolute atomic E-state index is 2.16. The minimum atomic E-state index is 0. The van der Waals surface area contributed by atoms with Crippen LogP contribution in [-0.2, 0) is 40.6 Å². The summed E-state index contributed by atoms with van der Waals surface area (Å²) in [5, 5.41) is 0. The van der Waals surface area contributed by atoms with E-state index in [1.54, 1.807) is 0 Å². The van der Waals surface area contributed by atoms with Gasteiger partial charge >= 0.3 is 34.1 Å². The monoisotopic (exact) mass is 474 g/mol. The summed E-state index contributed by atoms with van der Waals surface area (Å²) in [6.45, 7) is 4.25. The van der Waals surface area contributed by atoms with Gasteiger partial charge in [0, 0.05) is 0 Å². The van der Waals surface area contributed by atoms with Gasteiger partial charge in [0.15, 0.2) is 0 Å². The average molecular weight is 474 g/mol. The summed E-state index contributed by atoms with van der Waals surface area (Å²) >= 11 is 0. The fourth-order valence-electron chi connectivity index (χ4n) is 1.76. The van der Waals surface area contributed by atoms with Crippen LogP contribution in [0.25, 0.3) is 0 Å². The Kier molecular flexibility index (Phi) is 44.8. The van der Waals surface area contributed by atoms with E-state index in [2.05, 4.69) is 50.2 Å². The molecule has 0 heterocycles. The van der Waals surface area contributed by atoms with Gasteiger partial charge in [-0.25, -0.2) is 48.5 Å². The first kappa shape index (κ1) is 41.7. The van der Waals surface area contributed by atoms with Gasteiger partial charge in [0.2, 0.25) is 0 Å². The molecule has 0 aliphatic carbocycles. The molecular formula is C27H38Fe2. The molecule has 0 N–H and O–H groups in total. The van der Waals surface area contributed by atoms with Crippen molar-refractivity contribution in [1.82, 2.24) is 0 Å². The smallest absolute Gasteiger partial charge is 0.358 e. The molecule has 0 unspecified atom stereocenters. The van der Waals surface area contributed by atoms with Gasteiger partial charge in [-0.3, -0.25) is 0 Å². The molecule has 0 saturated heterocycles. The van der Waals surface area contributed by atoms with Crippen molar-refractivity contribution in [3.63, 3.8) is 0 Å². The molecule has 4 aromatic rings. The summed E-state index contributed by atoms with van der Waals surface area (Å²) in [6, 6.07) is 36.7. The van der Waals surface area contributed by atoms with Crippen LogP contribution in [0.3, 0.4) is 0 Å². The molecule has 0 fully saturated rings. The second-order valence-corrected chi connectivity index (χ2v) is 5.03. The topological polar surface area (TPSA) is 0 Å². The Bertz CT molecular complexity index is 552. The van der Waals surface area contributed by atoms with Gasteiger partial charge < -0.3 is 29.7 Å². The zero-order chi connectivity index (χ0) is 16.6. The number of aryl methyl sites for hydroxylation is 2. The Morgan fingerprint density at radius 1 is 0.586 bits per heavy atom. The molecule has 0 aliphatic heterocycles. The van der Waals surface area contributed by atoms with Crippen molar-refractivity contribution < 1.29 is 34.1 Å². The first-order valence-corrected chi connectivity index (χ1v) is 8.05. The SMILES string of the molecule is CCc1ccc[cH-]1.Cc1ccc[cH-]1.[CH3-].[CH3-].[CH3-].[CH3-].[Fe+4].[Fe+4].c1cc[cH-]c1.c1cc[cH-]c1. The van der Waals surface area contributed by atoms with E-state index in [1.165, 1.54) is 11.1 Å². The van der Waals surface area contributed by atoms with Crippen LogP contribution < -0.4 is 0 Å². The summed E-state index contributed by atoms with van der Waals surface area (Å²) in [5.41, 5.74) is 2.77. The molecular weight excluding hydrogens is 436 g/mol. The standard InChI is InChI=1S/C7H9.C6H7.2C5H5.4CH3.2Fe/c1-2-7-5-3-4-6-7;1-6-4-2-3-5-6;2*1-2-4-5-3-1;;;;;;/h3-6H,2H2,1H3;2-5H,1H3;2*1-5H;4*1H3;;/q8*-1;2*+4. The fraction of sp³-hybridized carbons (Fsp3) is 0.111.